The molecule has 6 N–H and O–H groups in total. The van der Waals surface area contributed by atoms with Crippen LogP contribution in [0.25, 0.3) is 11.1 Å². The number of aliphatic imine (C=N–C) groups is 1. The number of hydrogen-bond acceptors (Lipinski definition) is 7. The van der Waals surface area contributed by atoms with Crippen LogP contribution in [0.15, 0.2) is 63.8 Å². The number of Topliss-reactive ketones (excluding diaryl/α,β-unsaturated/α-hetero) is 1. The molecule has 2 heterocycles. The number of anilines is 1. The molecule has 12 heteroatoms. The van der Waals surface area contributed by atoms with E-state index in [1.807, 2.05) is 36.4 Å². The SMILES string of the molecule is NC(N)=NCCC[C@H](CC(=O)c1sccc1NS(=O)(=O)c1cc(-c2ccccc2)cc2c1OCC2)C(=O)O. The Bertz CT molecular complexity index is 1460. The highest BCUT2D eigenvalue weighted by Gasteiger charge is 2.29. The Kier molecular flexibility index (Phi) is 8.32. The minimum absolute atomic E-state index is 0.0147. The molecule has 4 rings (SSSR count). The molecule has 200 valence electrons. The van der Waals surface area contributed by atoms with Crippen LogP contribution in [0.3, 0.4) is 0 Å². The summed E-state index contributed by atoms with van der Waals surface area (Å²) in [6, 6.07) is 14.4. The van der Waals surface area contributed by atoms with Gasteiger partial charge in [-0.2, -0.15) is 0 Å². The Morgan fingerprint density at radius 3 is 2.61 bits per heavy atom. The van der Waals surface area contributed by atoms with Crippen molar-refractivity contribution >= 4 is 44.8 Å². The average Bonchev–Trinajstić information content (AvgIpc) is 3.54. The number of benzene rings is 2. The number of sulfonamides is 1. The fourth-order valence-corrected chi connectivity index (χ4v) is 6.40. The van der Waals surface area contributed by atoms with Gasteiger partial charge in [0.1, 0.15) is 10.6 Å². The summed E-state index contributed by atoms with van der Waals surface area (Å²) in [5, 5.41) is 11.2. The number of fused-ring (bicyclic) bond motifs is 1. The lowest BCUT2D eigenvalue weighted by atomic mass is 9.96. The molecule has 0 bridgehead atoms. The molecule has 10 nitrogen and oxygen atoms in total. The molecule has 1 aliphatic rings. The maximum Gasteiger partial charge on any atom is 0.306 e. The van der Waals surface area contributed by atoms with Crippen LogP contribution in [0, 0.1) is 5.92 Å². The van der Waals surface area contributed by atoms with Crippen LogP contribution in [0.1, 0.15) is 34.5 Å². The zero-order chi connectivity index (χ0) is 27.3. The van der Waals surface area contributed by atoms with E-state index in [1.54, 1.807) is 11.4 Å². The van der Waals surface area contributed by atoms with Crippen LogP contribution >= 0.6 is 11.3 Å². The molecule has 0 amide bonds. The number of carbonyl (C=O) groups is 2. The third kappa shape index (κ3) is 6.32. The van der Waals surface area contributed by atoms with E-state index < -0.39 is 27.7 Å². The van der Waals surface area contributed by atoms with E-state index in [0.717, 1.165) is 28.0 Å². The standard InChI is InChI=1S/C26H28N4O6S2/c27-26(28)29-10-4-7-18(25(32)33)14-21(31)24-20(9-12-37-24)30-38(34,35)22-15-19(16-5-2-1-3-6-16)13-17-8-11-36-23(17)22/h1-3,5-6,9,12-13,15,18,30H,4,7-8,10-11,14H2,(H,32,33)(H4,27,28,29)/t18-/m1/s1. The minimum Gasteiger partial charge on any atom is -0.492 e. The van der Waals surface area contributed by atoms with Crippen LogP contribution in [-0.2, 0) is 21.2 Å². The number of carbonyl (C=O) groups excluding carboxylic acids is 1. The van der Waals surface area contributed by atoms with Crippen LogP contribution in [0.4, 0.5) is 5.69 Å². The van der Waals surface area contributed by atoms with Crippen LogP contribution in [0.2, 0.25) is 0 Å². The van der Waals surface area contributed by atoms with Crippen molar-refractivity contribution in [2.75, 3.05) is 17.9 Å². The van der Waals surface area contributed by atoms with Crippen LogP contribution in [0.5, 0.6) is 5.75 Å². The van der Waals surface area contributed by atoms with E-state index in [4.69, 9.17) is 16.2 Å². The van der Waals surface area contributed by atoms with Gasteiger partial charge >= 0.3 is 5.97 Å². The summed E-state index contributed by atoms with van der Waals surface area (Å²) in [5.74, 6) is -2.33. The highest BCUT2D eigenvalue weighted by atomic mass is 32.2. The maximum absolute atomic E-state index is 13.6. The molecule has 0 saturated heterocycles. The summed E-state index contributed by atoms with van der Waals surface area (Å²) in [5.41, 5.74) is 13.1. The summed E-state index contributed by atoms with van der Waals surface area (Å²) >= 11 is 1.05. The molecule has 1 atom stereocenters. The molecule has 0 aliphatic carbocycles. The Morgan fingerprint density at radius 1 is 1.13 bits per heavy atom. The van der Waals surface area contributed by atoms with Crippen molar-refractivity contribution in [1.82, 2.24) is 0 Å². The smallest absolute Gasteiger partial charge is 0.306 e. The number of hydrogen-bond donors (Lipinski definition) is 4. The number of guanidine groups is 1. The van der Waals surface area contributed by atoms with Gasteiger partial charge in [0.15, 0.2) is 11.7 Å². The molecule has 1 aromatic heterocycles. The molecule has 0 spiro atoms. The molecular weight excluding hydrogens is 528 g/mol. The third-order valence-electron chi connectivity index (χ3n) is 6.10. The average molecular weight is 557 g/mol. The molecule has 2 aromatic carbocycles. The molecule has 38 heavy (non-hydrogen) atoms. The summed E-state index contributed by atoms with van der Waals surface area (Å²) in [7, 11) is -4.14. The van der Waals surface area contributed by atoms with Crippen molar-refractivity contribution in [3.8, 4) is 16.9 Å². The monoisotopic (exact) mass is 556 g/mol. The lowest BCUT2D eigenvalue weighted by molar-refractivity contribution is -0.141. The van der Waals surface area contributed by atoms with E-state index in [0.29, 0.717) is 25.2 Å². The zero-order valence-electron chi connectivity index (χ0n) is 20.4. The second-order valence-electron chi connectivity index (χ2n) is 8.81. The summed E-state index contributed by atoms with van der Waals surface area (Å²) < 4.78 is 35.3. The van der Waals surface area contributed by atoms with Crippen molar-refractivity contribution in [2.45, 2.75) is 30.6 Å². The topological polar surface area (TPSA) is 174 Å². The van der Waals surface area contributed by atoms with Crippen molar-refractivity contribution in [2.24, 2.45) is 22.4 Å². The number of aliphatic carboxylic acids is 1. The van der Waals surface area contributed by atoms with Gasteiger partial charge in [-0.05, 0) is 53.1 Å². The second-order valence-corrected chi connectivity index (χ2v) is 11.4. The molecule has 3 aromatic rings. The van der Waals surface area contributed by atoms with Gasteiger partial charge in [-0.1, -0.05) is 30.3 Å². The number of nitrogens with two attached hydrogens (primary N) is 2. The Hall–Kier alpha value is -3.90. The number of nitrogens with one attached hydrogen (secondary N) is 1. The summed E-state index contributed by atoms with van der Waals surface area (Å²) in [6.45, 7) is 0.622. The highest BCUT2D eigenvalue weighted by molar-refractivity contribution is 7.92. The first-order chi connectivity index (χ1) is 18.2. The number of carboxylic acid groups (broad SMARTS) is 1. The number of ketones is 1. The zero-order valence-corrected chi connectivity index (χ0v) is 22.1. The van der Waals surface area contributed by atoms with Crippen molar-refractivity contribution in [3.63, 3.8) is 0 Å². The number of ether oxygens (including phenoxy) is 1. The predicted octanol–water partition coefficient (Wildman–Crippen LogP) is 3.48. The molecule has 0 radical (unpaired) electrons. The predicted molar refractivity (Wildman–Crippen MR) is 146 cm³/mol. The van der Waals surface area contributed by atoms with Gasteiger partial charge in [0.2, 0.25) is 0 Å². The van der Waals surface area contributed by atoms with Gasteiger partial charge in [-0.25, -0.2) is 8.42 Å². The summed E-state index contributed by atoms with van der Waals surface area (Å²) in [6.07, 6.45) is 0.879. The van der Waals surface area contributed by atoms with E-state index >= 15 is 0 Å². The lowest BCUT2D eigenvalue weighted by Crippen LogP contribution is -2.23. The highest BCUT2D eigenvalue weighted by Crippen LogP contribution is 2.39. The third-order valence-corrected chi connectivity index (χ3v) is 8.42. The number of carboxylic acids is 1. The fourth-order valence-electron chi connectivity index (χ4n) is 4.25. The quantitative estimate of drug-likeness (QED) is 0.113. The Morgan fingerprint density at radius 2 is 1.89 bits per heavy atom. The van der Waals surface area contributed by atoms with Crippen molar-refractivity contribution in [1.29, 1.82) is 0 Å². The van der Waals surface area contributed by atoms with Crippen molar-refractivity contribution < 1.29 is 27.9 Å². The molecule has 0 fully saturated rings. The molecule has 0 saturated carbocycles. The van der Waals surface area contributed by atoms with Gasteiger partial charge < -0.3 is 21.3 Å². The Labute approximate surface area is 224 Å². The Balaban J connectivity index is 1.56. The number of thiophene rings is 1. The summed E-state index contributed by atoms with van der Waals surface area (Å²) in [4.78, 5) is 28.7. The fraction of sp³-hybridized carbons (Fsp3) is 0.269. The largest absolute Gasteiger partial charge is 0.492 e. The van der Waals surface area contributed by atoms with Crippen LogP contribution in [-0.4, -0.2) is 44.4 Å². The first-order valence-electron chi connectivity index (χ1n) is 11.9. The first kappa shape index (κ1) is 27.1. The van der Waals surface area contributed by atoms with Gasteiger partial charge in [0.05, 0.1) is 23.1 Å². The van der Waals surface area contributed by atoms with E-state index in [1.165, 1.54) is 6.07 Å². The normalized spacial score (nSPS) is 13.3. The van der Waals surface area contributed by atoms with E-state index in [2.05, 4.69) is 9.71 Å². The number of rotatable bonds is 12. The second kappa shape index (κ2) is 11.7. The minimum atomic E-state index is -4.14. The van der Waals surface area contributed by atoms with E-state index in [9.17, 15) is 23.1 Å². The van der Waals surface area contributed by atoms with Gasteiger partial charge in [0, 0.05) is 19.4 Å². The molecule has 1 aliphatic heterocycles. The van der Waals surface area contributed by atoms with E-state index in [-0.39, 0.29) is 40.8 Å². The lowest BCUT2D eigenvalue weighted by Gasteiger charge is -2.15. The molecule has 0 unspecified atom stereocenters. The van der Waals surface area contributed by atoms with Gasteiger partial charge in [-0.15, -0.1) is 11.3 Å². The first-order valence-corrected chi connectivity index (χ1v) is 14.3. The maximum atomic E-state index is 13.6. The van der Waals surface area contributed by atoms with Crippen LogP contribution < -0.4 is 20.9 Å². The van der Waals surface area contributed by atoms with Gasteiger partial charge in [0.25, 0.3) is 10.0 Å². The van der Waals surface area contributed by atoms with Gasteiger partial charge in [-0.3, -0.25) is 19.3 Å². The van der Waals surface area contributed by atoms with Crippen molar-refractivity contribution in [3.05, 3.63) is 64.4 Å². The number of nitrogens with zero attached hydrogens (tertiary/aromatic N) is 1. The molecular formula is C26H28N4O6S2.